The predicted molar refractivity (Wildman–Crippen MR) is 84.2 cm³/mol. The fourth-order valence-corrected chi connectivity index (χ4v) is 2.26. The van der Waals surface area contributed by atoms with E-state index in [1.807, 2.05) is 12.1 Å². The Morgan fingerprint density at radius 3 is 2.52 bits per heavy atom. The molecule has 2 rings (SSSR count). The van der Waals surface area contributed by atoms with Crippen molar-refractivity contribution in [3.05, 3.63) is 17.7 Å². The first-order chi connectivity index (χ1) is 9.89. The highest BCUT2D eigenvalue weighted by Crippen LogP contribution is 2.38. The summed E-state index contributed by atoms with van der Waals surface area (Å²) in [6.45, 7) is 11.8. The summed E-state index contributed by atoms with van der Waals surface area (Å²) >= 11 is 0. The smallest absolute Gasteiger partial charge is 0.231 e. The normalized spacial score (nSPS) is 15.1. The van der Waals surface area contributed by atoms with Crippen molar-refractivity contribution in [3.8, 4) is 17.2 Å². The summed E-state index contributed by atoms with van der Waals surface area (Å²) in [5, 5.41) is 3.50. The van der Waals surface area contributed by atoms with Gasteiger partial charge in [-0.15, -0.1) is 0 Å². The third-order valence-corrected chi connectivity index (χ3v) is 3.39. The molecule has 0 aromatic heterocycles. The van der Waals surface area contributed by atoms with Crippen LogP contribution in [0, 0.1) is 0 Å². The molecule has 0 amide bonds. The summed E-state index contributed by atoms with van der Waals surface area (Å²) in [5.41, 5.74) is 1.17. The van der Waals surface area contributed by atoms with Crippen molar-refractivity contribution in [2.75, 3.05) is 6.79 Å². The lowest BCUT2D eigenvalue weighted by molar-refractivity contribution is 0.173. The third-order valence-electron chi connectivity index (χ3n) is 3.39. The largest absolute Gasteiger partial charge is 0.490 e. The molecule has 1 unspecified atom stereocenters. The Labute approximate surface area is 127 Å². The van der Waals surface area contributed by atoms with Crippen molar-refractivity contribution < 1.29 is 14.2 Å². The van der Waals surface area contributed by atoms with Gasteiger partial charge in [-0.1, -0.05) is 13.3 Å². The van der Waals surface area contributed by atoms with Gasteiger partial charge in [0.25, 0.3) is 0 Å². The highest BCUT2D eigenvalue weighted by atomic mass is 16.7. The zero-order chi connectivity index (χ0) is 15.5. The second kappa shape index (κ2) is 6.56. The lowest BCUT2D eigenvalue weighted by Crippen LogP contribution is -2.35. The fraction of sp³-hybridized carbons (Fsp3) is 0.647. The molecule has 1 aromatic carbocycles. The van der Waals surface area contributed by atoms with E-state index in [1.54, 1.807) is 0 Å². The maximum atomic E-state index is 6.10. The van der Waals surface area contributed by atoms with Crippen LogP contribution in [0.15, 0.2) is 12.1 Å². The van der Waals surface area contributed by atoms with Gasteiger partial charge in [-0.05, 0) is 40.2 Å². The number of nitrogens with one attached hydrogen (secondary N) is 1. The minimum absolute atomic E-state index is 0.0582. The van der Waals surface area contributed by atoms with Gasteiger partial charge in [-0.2, -0.15) is 0 Å². The lowest BCUT2D eigenvalue weighted by Gasteiger charge is -2.23. The van der Waals surface area contributed by atoms with Crippen LogP contribution in [0.4, 0.5) is 0 Å². The van der Waals surface area contributed by atoms with Crippen molar-refractivity contribution in [1.82, 2.24) is 5.32 Å². The summed E-state index contributed by atoms with van der Waals surface area (Å²) in [7, 11) is 0. The van der Waals surface area contributed by atoms with E-state index in [2.05, 4.69) is 39.9 Å². The van der Waals surface area contributed by atoms with Gasteiger partial charge in [-0.3, -0.25) is 0 Å². The van der Waals surface area contributed by atoms with Crippen LogP contribution in [-0.4, -0.2) is 18.4 Å². The number of hydrogen-bond acceptors (Lipinski definition) is 4. The van der Waals surface area contributed by atoms with Crippen LogP contribution in [0.5, 0.6) is 17.2 Å². The van der Waals surface area contributed by atoms with E-state index in [4.69, 9.17) is 14.2 Å². The Balaban J connectivity index is 2.19. The van der Waals surface area contributed by atoms with Crippen molar-refractivity contribution in [3.63, 3.8) is 0 Å². The Bertz CT molecular complexity index is 480. The average molecular weight is 293 g/mol. The molecule has 1 heterocycles. The molecule has 21 heavy (non-hydrogen) atoms. The van der Waals surface area contributed by atoms with Gasteiger partial charge >= 0.3 is 0 Å². The topological polar surface area (TPSA) is 39.7 Å². The average Bonchev–Trinajstić information content (AvgIpc) is 2.82. The summed E-state index contributed by atoms with van der Waals surface area (Å²) < 4.78 is 17.0. The molecule has 4 nitrogen and oxygen atoms in total. The number of benzene rings is 1. The molecule has 0 spiro atoms. The highest BCUT2D eigenvalue weighted by Gasteiger charge is 2.20. The maximum absolute atomic E-state index is 6.10. The van der Waals surface area contributed by atoms with E-state index in [9.17, 15) is 0 Å². The summed E-state index contributed by atoms with van der Waals surface area (Å²) in [4.78, 5) is 0. The minimum Gasteiger partial charge on any atom is -0.490 e. The first-order valence-electron chi connectivity index (χ1n) is 7.73. The van der Waals surface area contributed by atoms with Gasteiger partial charge in [0.1, 0.15) is 5.75 Å². The molecule has 1 aliphatic rings. The minimum atomic E-state index is 0.0582. The van der Waals surface area contributed by atoms with Gasteiger partial charge in [0.2, 0.25) is 6.79 Å². The standard InChI is InChI=1S/C17H27NO3/c1-6-7-12(2)21-14-9-16-15(19-11-20-16)8-13(14)10-18-17(3,4)5/h8-9,12,18H,6-7,10-11H2,1-5H3. The Morgan fingerprint density at radius 1 is 1.24 bits per heavy atom. The summed E-state index contributed by atoms with van der Waals surface area (Å²) in [6.07, 6.45) is 2.35. The van der Waals surface area contributed by atoms with Crippen molar-refractivity contribution in [1.29, 1.82) is 0 Å². The van der Waals surface area contributed by atoms with Crippen molar-refractivity contribution in [2.24, 2.45) is 0 Å². The molecule has 0 bridgehead atoms. The molecule has 1 aromatic rings. The highest BCUT2D eigenvalue weighted by molar-refractivity contribution is 5.52. The number of fused-ring (bicyclic) bond motifs is 1. The quantitative estimate of drug-likeness (QED) is 0.864. The number of rotatable bonds is 6. The first-order valence-corrected chi connectivity index (χ1v) is 7.73. The van der Waals surface area contributed by atoms with Crippen LogP contribution >= 0.6 is 0 Å². The summed E-state index contributed by atoms with van der Waals surface area (Å²) in [6, 6.07) is 3.98. The van der Waals surface area contributed by atoms with Crippen LogP contribution in [0.25, 0.3) is 0 Å². The van der Waals surface area contributed by atoms with E-state index >= 15 is 0 Å². The molecule has 4 heteroatoms. The van der Waals surface area contributed by atoms with E-state index < -0.39 is 0 Å². The predicted octanol–water partition coefficient (Wildman–Crippen LogP) is 3.87. The second-order valence-corrected chi connectivity index (χ2v) is 6.63. The molecule has 0 radical (unpaired) electrons. The molecular formula is C17H27NO3. The third kappa shape index (κ3) is 4.53. The van der Waals surface area contributed by atoms with Crippen LogP contribution in [0.2, 0.25) is 0 Å². The van der Waals surface area contributed by atoms with Crippen LogP contribution in [-0.2, 0) is 6.54 Å². The van der Waals surface area contributed by atoms with Gasteiger partial charge in [0.05, 0.1) is 6.10 Å². The van der Waals surface area contributed by atoms with Crippen LogP contribution < -0.4 is 19.5 Å². The van der Waals surface area contributed by atoms with E-state index in [1.165, 1.54) is 0 Å². The van der Waals surface area contributed by atoms with Crippen LogP contribution in [0.1, 0.15) is 53.0 Å². The zero-order valence-corrected chi connectivity index (χ0v) is 13.8. The molecule has 0 fully saturated rings. The fourth-order valence-electron chi connectivity index (χ4n) is 2.26. The first kappa shape index (κ1) is 16.0. The molecule has 0 saturated heterocycles. The maximum Gasteiger partial charge on any atom is 0.231 e. The number of ether oxygens (including phenoxy) is 3. The van der Waals surface area contributed by atoms with Gasteiger partial charge in [-0.25, -0.2) is 0 Å². The van der Waals surface area contributed by atoms with Gasteiger partial charge in [0, 0.05) is 23.7 Å². The second-order valence-electron chi connectivity index (χ2n) is 6.63. The Hall–Kier alpha value is -1.42. The monoisotopic (exact) mass is 293 g/mol. The molecule has 0 aliphatic carbocycles. The molecular weight excluding hydrogens is 266 g/mol. The zero-order valence-electron chi connectivity index (χ0n) is 13.8. The Morgan fingerprint density at radius 2 is 1.90 bits per heavy atom. The lowest BCUT2D eigenvalue weighted by atomic mass is 10.1. The Kier molecular flexibility index (Phi) is 4.99. The molecule has 1 N–H and O–H groups in total. The van der Waals surface area contributed by atoms with Gasteiger partial charge in [0.15, 0.2) is 11.5 Å². The van der Waals surface area contributed by atoms with Crippen molar-refractivity contribution in [2.45, 2.75) is 65.6 Å². The SMILES string of the molecule is CCCC(C)Oc1cc2c(cc1CNC(C)(C)C)OCO2. The van der Waals surface area contributed by atoms with Gasteiger partial charge < -0.3 is 19.5 Å². The van der Waals surface area contributed by atoms with E-state index in [-0.39, 0.29) is 18.4 Å². The van der Waals surface area contributed by atoms with Crippen molar-refractivity contribution >= 4 is 0 Å². The number of hydrogen-bond donors (Lipinski definition) is 1. The molecule has 1 atom stereocenters. The molecule has 1 aliphatic heterocycles. The van der Waals surface area contributed by atoms with E-state index in [0.29, 0.717) is 0 Å². The molecule has 0 saturated carbocycles. The van der Waals surface area contributed by atoms with E-state index in [0.717, 1.165) is 42.2 Å². The molecule has 118 valence electrons. The summed E-state index contributed by atoms with van der Waals surface area (Å²) in [5.74, 6) is 2.46. The van der Waals surface area contributed by atoms with Crippen LogP contribution in [0.3, 0.4) is 0 Å².